The van der Waals surface area contributed by atoms with E-state index in [4.69, 9.17) is 0 Å². The summed E-state index contributed by atoms with van der Waals surface area (Å²) < 4.78 is 0.867. The summed E-state index contributed by atoms with van der Waals surface area (Å²) in [6, 6.07) is 6.19. The zero-order chi connectivity index (χ0) is 15.9. The average Bonchev–Trinajstić information content (AvgIpc) is 2.48. The molecule has 9 heteroatoms. The van der Waals surface area contributed by atoms with Crippen LogP contribution in [0.25, 0.3) is 0 Å². The molecule has 1 atom stereocenters. The zero-order valence-corrected chi connectivity index (χ0v) is 13.0. The number of hydrogen-bond acceptors (Lipinski definition) is 5. The van der Waals surface area contributed by atoms with E-state index in [2.05, 4.69) is 42.6 Å². The van der Waals surface area contributed by atoms with E-state index in [-0.39, 0.29) is 18.7 Å². The lowest BCUT2D eigenvalue weighted by Crippen LogP contribution is -2.62. The van der Waals surface area contributed by atoms with Gasteiger partial charge in [0.05, 0.1) is 6.21 Å². The maximum Gasteiger partial charge on any atom is 0.335 e. The standard InChI is InChI=1S/C13H14BrN5O3/c14-9-4-2-1-3-8(9)7-15-18-11(20)6-5-10-12(21)16-13(22)19-17-10/h1-4,7,10,17H,5-6H2,(H,18,20)(H2,16,19,21,22)/b15-7+. The van der Waals surface area contributed by atoms with Gasteiger partial charge in [-0.05, 0) is 12.5 Å². The number of nitrogens with zero attached hydrogens (tertiary/aromatic N) is 1. The van der Waals surface area contributed by atoms with E-state index in [1.54, 1.807) is 0 Å². The topological polar surface area (TPSA) is 112 Å². The Hall–Kier alpha value is -2.26. The summed E-state index contributed by atoms with van der Waals surface area (Å²) in [5.41, 5.74) is 8.01. The Labute approximate surface area is 134 Å². The van der Waals surface area contributed by atoms with Crippen LogP contribution in [0.3, 0.4) is 0 Å². The van der Waals surface area contributed by atoms with Crippen LogP contribution in [0.5, 0.6) is 0 Å². The molecule has 4 N–H and O–H groups in total. The fourth-order valence-corrected chi connectivity index (χ4v) is 2.12. The molecule has 0 radical (unpaired) electrons. The number of carbonyl (C=O) groups excluding carboxylic acids is 3. The number of hydrazone groups is 1. The number of urea groups is 1. The smallest absolute Gasteiger partial charge is 0.276 e. The number of hydrogen-bond donors (Lipinski definition) is 4. The maximum atomic E-state index is 11.6. The van der Waals surface area contributed by atoms with Crippen molar-refractivity contribution in [1.82, 2.24) is 21.6 Å². The maximum absolute atomic E-state index is 11.6. The van der Waals surface area contributed by atoms with Crippen LogP contribution in [0.15, 0.2) is 33.8 Å². The number of benzene rings is 1. The summed E-state index contributed by atoms with van der Waals surface area (Å²) in [6.45, 7) is 0. The molecule has 8 nitrogen and oxygen atoms in total. The minimum absolute atomic E-state index is 0.0915. The van der Waals surface area contributed by atoms with Gasteiger partial charge >= 0.3 is 6.03 Å². The number of rotatable bonds is 5. The van der Waals surface area contributed by atoms with Crippen LogP contribution >= 0.6 is 15.9 Å². The molecule has 1 aliphatic rings. The number of hydrazine groups is 1. The van der Waals surface area contributed by atoms with Crippen molar-refractivity contribution in [2.45, 2.75) is 18.9 Å². The Morgan fingerprint density at radius 3 is 2.86 bits per heavy atom. The monoisotopic (exact) mass is 367 g/mol. The molecule has 1 aromatic carbocycles. The van der Waals surface area contributed by atoms with Gasteiger partial charge in [-0.2, -0.15) is 5.10 Å². The van der Waals surface area contributed by atoms with Crippen molar-refractivity contribution in [2.24, 2.45) is 5.10 Å². The van der Waals surface area contributed by atoms with Gasteiger partial charge in [0.2, 0.25) is 11.8 Å². The van der Waals surface area contributed by atoms with E-state index >= 15 is 0 Å². The van der Waals surface area contributed by atoms with Gasteiger partial charge in [0, 0.05) is 16.5 Å². The highest BCUT2D eigenvalue weighted by Crippen LogP contribution is 2.13. The largest absolute Gasteiger partial charge is 0.335 e. The van der Waals surface area contributed by atoms with Crippen LogP contribution in [-0.2, 0) is 9.59 Å². The Bertz CT molecular complexity index is 619. The van der Waals surface area contributed by atoms with Crippen LogP contribution in [0.4, 0.5) is 4.79 Å². The Morgan fingerprint density at radius 1 is 1.36 bits per heavy atom. The molecule has 0 bridgehead atoms. The van der Waals surface area contributed by atoms with E-state index in [1.165, 1.54) is 6.21 Å². The van der Waals surface area contributed by atoms with Crippen molar-refractivity contribution < 1.29 is 14.4 Å². The van der Waals surface area contributed by atoms with Gasteiger partial charge < -0.3 is 0 Å². The van der Waals surface area contributed by atoms with E-state index < -0.39 is 18.0 Å². The molecule has 116 valence electrons. The third-order valence-electron chi connectivity index (χ3n) is 2.87. The fraction of sp³-hybridized carbons (Fsp3) is 0.231. The molecule has 0 aliphatic carbocycles. The Balaban J connectivity index is 1.75. The number of imide groups is 1. The molecule has 1 aromatic rings. The molecule has 1 unspecified atom stereocenters. The van der Waals surface area contributed by atoms with Crippen LogP contribution in [0.2, 0.25) is 0 Å². The summed E-state index contributed by atoms with van der Waals surface area (Å²) in [6.07, 6.45) is 1.85. The zero-order valence-electron chi connectivity index (χ0n) is 11.4. The predicted octanol–water partition coefficient (Wildman–Crippen LogP) is 0.392. The van der Waals surface area contributed by atoms with Crippen LogP contribution in [-0.4, -0.2) is 30.1 Å². The van der Waals surface area contributed by atoms with E-state index in [1.807, 2.05) is 24.3 Å². The minimum atomic E-state index is -0.643. The van der Waals surface area contributed by atoms with Crippen molar-refractivity contribution in [1.29, 1.82) is 0 Å². The molecule has 0 aromatic heterocycles. The summed E-state index contributed by atoms with van der Waals surface area (Å²) in [5.74, 6) is -0.789. The van der Waals surface area contributed by atoms with Crippen LogP contribution < -0.4 is 21.6 Å². The van der Waals surface area contributed by atoms with Gasteiger partial charge in [0.25, 0.3) is 0 Å². The Morgan fingerprint density at radius 2 is 2.14 bits per heavy atom. The third-order valence-corrected chi connectivity index (χ3v) is 3.59. The van der Waals surface area contributed by atoms with Crippen molar-refractivity contribution in [2.75, 3.05) is 0 Å². The van der Waals surface area contributed by atoms with Crippen molar-refractivity contribution >= 4 is 40.0 Å². The lowest BCUT2D eigenvalue weighted by Gasteiger charge is -2.22. The first kappa shape index (κ1) is 16.1. The van der Waals surface area contributed by atoms with Crippen molar-refractivity contribution in [3.05, 3.63) is 34.3 Å². The van der Waals surface area contributed by atoms with Gasteiger partial charge in [-0.25, -0.2) is 15.6 Å². The van der Waals surface area contributed by atoms with E-state index in [0.717, 1.165) is 10.0 Å². The SMILES string of the molecule is O=C(CCC1NNC(=O)NC1=O)N/N=C/c1ccccc1Br. The third kappa shape index (κ3) is 4.64. The molecule has 0 saturated carbocycles. The second-order valence-electron chi connectivity index (χ2n) is 4.49. The predicted molar refractivity (Wildman–Crippen MR) is 82.7 cm³/mol. The summed E-state index contributed by atoms with van der Waals surface area (Å²) in [7, 11) is 0. The van der Waals surface area contributed by atoms with E-state index in [9.17, 15) is 14.4 Å². The summed E-state index contributed by atoms with van der Waals surface area (Å²) in [4.78, 5) is 34.0. The van der Waals surface area contributed by atoms with Crippen LogP contribution in [0.1, 0.15) is 18.4 Å². The Kier molecular flexibility index (Phi) is 5.61. The molecule has 4 amide bonds. The lowest BCUT2D eigenvalue weighted by atomic mass is 10.1. The highest BCUT2D eigenvalue weighted by molar-refractivity contribution is 9.10. The molecule has 22 heavy (non-hydrogen) atoms. The van der Waals surface area contributed by atoms with Crippen molar-refractivity contribution in [3.63, 3.8) is 0 Å². The minimum Gasteiger partial charge on any atom is -0.276 e. The van der Waals surface area contributed by atoms with Gasteiger partial charge in [-0.1, -0.05) is 34.1 Å². The quantitative estimate of drug-likeness (QED) is 0.445. The second-order valence-corrected chi connectivity index (χ2v) is 5.35. The molecule has 1 fully saturated rings. The van der Waals surface area contributed by atoms with Gasteiger partial charge in [-0.15, -0.1) is 0 Å². The van der Waals surface area contributed by atoms with Gasteiger partial charge in [0.1, 0.15) is 6.04 Å². The first-order valence-electron chi connectivity index (χ1n) is 6.49. The van der Waals surface area contributed by atoms with Gasteiger partial charge in [0.15, 0.2) is 0 Å². The molecule has 1 saturated heterocycles. The number of nitrogens with one attached hydrogen (secondary N) is 4. The highest BCUT2D eigenvalue weighted by Gasteiger charge is 2.25. The lowest BCUT2D eigenvalue weighted by molar-refractivity contribution is -0.124. The molecule has 1 aliphatic heterocycles. The number of halogens is 1. The number of carbonyl (C=O) groups is 3. The van der Waals surface area contributed by atoms with Crippen LogP contribution in [0, 0.1) is 0 Å². The van der Waals surface area contributed by atoms with Crippen molar-refractivity contribution in [3.8, 4) is 0 Å². The fourth-order valence-electron chi connectivity index (χ4n) is 1.74. The molecule has 0 spiro atoms. The molecule has 1 heterocycles. The number of amides is 4. The highest BCUT2D eigenvalue weighted by atomic mass is 79.9. The molecule has 2 rings (SSSR count). The second kappa shape index (κ2) is 7.66. The summed E-state index contributed by atoms with van der Waals surface area (Å²) in [5, 5.41) is 5.96. The first-order valence-corrected chi connectivity index (χ1v) is 7.28. The first-order chi connectivity index (χ1) is 10.6. The molecular formula is C13H14BrN5O3. The normalized spacial score (nSPS) is 18.0. The summed E-state index contributed by atoms with van der Waals surface area (Å²) >= 11 is 3.37. The average molecular weight is 368 g/mol. The van der Waals surface area contributed by atoms with E-state index in [0.29, 0.717) is 0 Å². The molecular weight excluding hydrogens is 354 g/mol. The van der Waals surface area contributed by atoms with Gasteiger partial charge in [-0.3, -0.25) is 20.3 Å².